The van der Waals surface area contributed by atoms with Crippen molar-refractivity contribution in [3.8, 4) is 11.3 Å². The summed E-state index contributed by atoms with van der Waals surface area (Å²) in [5, 5.41) is 17.9. The van der Waals surface area contributed by atoms with E-state index in [4.69, 9.17) is 32.0 Å². The van der Waals surface area contributed by atoms with Gasteiger partial charge in [-0.1, -0.05) is 23.2 Å². The van der Waals surface area contributed by atoms with Crippen LogP contribution in [0.1, 0.15) is 11.7 Å². The number of halogens is 2. The number of aliphatic carboxylic acids is 1. The van der Waals surface area contributed by atoms with Crippen molar-refractivity contribution in [2.75, 3.05) is 0 Å². The number of aryl methyl sites for hydroxylation is 1. The molecule has 0 amide bonds. The summed E-state index contributed by atoms with van der Waals surface area (Å²) >= 11 is 13.0. The maximum atomic E-state index is 11.4. The van der Waals surface area contributed by atoms with E-state index in [1.807, 2.05) is 0 Å². The van der Waals surface area contributed by atoms with E-state index in [9.17, 15) is 9.90 Å². The molecular weight excluding hydrogens is 387 g/mol. The second-order valence-corrected chi connectivity index (χ2v) is 6.67. The Kier molecular flexibility index (Phi) is 5.17. The third-order valence-electron chi connectivity index (χ3n) is 3.01. The highest BCUT2D eigenvalue weighted by molar-refractivity contribution is 8.03. The molecule has 0 aliphatic heterocycles. The monoisotopic (exact) mass is 396 g/mol. The molecule has 0 bridgehead atoms. The number of thioether (sulfide) groups is 1. The lowest BCUT2D eigenvalue weighted by Gasteiger charge is -2.01. The van der Waals surface area contributed by atoms with Crippen LogP contribution in [0.3, 0.4) is 0 Å². The Morgan fingerprint density at radius 1 is 1.20 bits per heavy atom. The van der Waals surface area contributed by atoms with Crippen LogP contribution in [0.15, 0.2) is 49.3 Å². The summed E-state index contributed by atoms with van der Waals surface area (Å²) in [4.78, 5) is 11.4. The minimum atomic E-state index is -1.14. The number of benzene rings is 1. The molecule has 1 aromatic carbocycles. The van der Waals surface area contributed by atoms with Gasteiger partial charge in [0.25, 0.3) is 5.22 Å². The van der Waals surface area contributed by atoms with Crippen molar-refractivity contribution >= 4 is 47.0 Å². The van der Waals surface area contributed by atoms with Gasteiger partial charge < -0.3 is 13.9 Å². The Hall–Kier alpha value is -2.22. The third-order valence-corrected chi connectivity index (χ3v) is 4.43. The normalized spacial score (nSPS) is 11.7. The standard InChI is InChI=1S/C16H10Cl2N2O4S/c1-8-19-20-16(23-8)25-14(15(21)22)7-10-3-5-13(24-10)11-6-9(17)2-4-12(11)18/h2-7H,1H3,(H,21,22)/b14-7-. The average molecular weight is 397 g/mol. The summed E-state index contributed by atoms with van der Waals surface area (Å²) in [5.74, 6) is 0.0250. The molecule has 2 aromatic heterocycles. The minimum Gasteiger partial charge on any atom is -0.477 e. The highest BCUT2D eigenvalue weighted by Gasteiger charge is 2.16. The first-order valence-electron chi connectivity index (χ1n) is 6.90. The lowest BCUT2D eigenvalue weighted by molar-refractivity contribution is -0.131. The van der Waals surface area contributed by atoms with Gasteiger partial charge in [0.1, 0.15) is 16.4 Å². The molecule has 3 aromatic rings. The number of hydrogen-bond donors (Lipinski definition) is 1. The minimum absolute atomic E-state index is 0.0262. The van der Waals surface area contributed by atoms with Crippen LogP contribution in [0, 0.1) is 6.92 Å². The van der Waals surface area contributed by atoms with Gasteiger partial charge in [-0.15, -0.1) is 10.2 Å². The van der Waals surface area contributed by atoms with E-state index in [1.165, 1.54) is 6.08 Å². The summed E-state index contributed by atoms with van der Waals surface area (Å²) in [6.07, 6.45) is 1.37. The van der Waals surface area contributed by atoms with Crippen molar-refractivity contribution in [2.24, 2.45) is 0 Å². The fourth-order valence-corrected chi connectivity index (χ4v) is 3.02. The predicted octanol–water partition coefficient (Wildman–Crippen LogP) is 5.16. The second-order valence-electron chi connectivity index (χ2n) is 4.83. The van der Waals surface area contributed by atoms with E-state index >= 15 is 0 Å². The Morgan fingerprint density at radius 2 is 2.00 bits per heavy atom. The lowest BCUT2D eigenvalue weighted by atomic mass is 10.2. The molecule has 0 aliphatic rings. The fourth-order valence-electron chi connectivity index (χ4n) is 1.94. The smallest absolute Gasteiger partial charge is 0.342 e. The molecule has 6 nitrogen and oxygen atoms in total. The van der Waals surface area contributed by atoms with Gasteiger partial charge in [-0.2, -0.15) is 0 Å². The molecular formula is C16H10Cl2N2O4S. The second kappa shape index (κ2) is 7.35. The Balaban J connectivity index is 1.90. The molecule has 0 atom stereocenters. The Labute approximate surface area is 156 Å². The molecule has 0 saturated carbocycles. The van der Waals surface area contributed by atoms with Gasteiger partial charge in [0.2, 0.25) is 5.89 Å². The zero-order valence-corrected chi connectivity index (χ0v) is 15.0. The van der Waals surface area contributed by atoms with Gasteiger partial charge in [-0.3, -0.25) is 0 Å². The molecule has 1 N–H and O–H groups in total. The average Bonchev–Trinajstić information content (AvgIpc) is 3.18. The van der Waals surface area contributed by atoms with Crippen molar-refractivity contribution < 1.29 is 18.7 Å². The van der Waals surface area contributed by atoms with Crippen LogP contribution in [0.25, 0.3) is 17.4 Å². The van der Waals surface area contributed by atoms with Crippen molar-refractivity contribution in [1.82, 2.24) is 10.2 Å². The van der Waals surface area contributed by atoms with E-state index in [0.717, 1.165) is 11.8 Å². The van der Waals surface area contributed by atoms with Crippen molar-refractivity contribution in [3.63, 3.8) is 0 Å². The van der Waals surface area contributed by atoms with Gasteiger partial charge >= 0.3 is 5.97 Å². The van der Waals surface area contributed by atoms with Crippen LogP contribution in [0.4, 0.5) is 0 Å². The van der Waals surface area contributed by atoms with Crippen molar-refractivity contribution in [2.45, 2.75) is 12.1 Å². The van der Waals surface area contributed by atoms with Gasteiger partial charge in [0.15, 0.2) is 0 Å². The van der Waals surface area contributed by atoms with Crippen molar-refractivity contribution in [1.29, 1.82) is 0 Å². The number of furan rings is 1. The topological polar surface area (TPSA) is 89.4 Å². The number of aromatic nitrogens is 2. The maximum Gasteiger partial charge on any atom is 0.342 e. The van der Waals surface area contributed by atoms with Crippen LogP contribution < -0.4 is 0 Å². The molecule has 25 heavy (non-hydrogen) atoms. The summed E-state index contributed by atoms with van der Waals surface area (Å²) in [6, 6.07) is 8.32. The van der Waals surface area contributed by atoms with Crippen molar-refractivity contribution in [3.05, 3.63) is 56.9 Å². The molecule has 2 heterocycles. The number of rotatable bonds is 5. The molecule has 0 aliphatic carbocycles. The highest BCUT2D eigenvalue weighted by atomic mass is 35.5. The van der Waals surface area contributed by atoms with Crippen LogP contribution in [-0.4, -0.2) is 21.3 Å². The zero-order valence-electron chi connectivity index (χ0n) is 12.7. The van der Waals surface area contributed by atoms with Crippen LogP contribution in [0.2, 0.25) is 10.0 Å². The molecule has 0 saturated heterocycles. The fraction of sp³-hybridized carbons (Fsp3) is 0.0625. The van der Waals surface area contributed by atoms with E-state index < -0.39 is 5.97 Å². The summed E-state index contributed by atoms with van der Waals surface area (Å²) in [7, 11) is 0. The largest absolute Gasteiger partial charge is 0.477 e. The van der Waals surface area contributed by atoms with E-state index in [-0.39, 0.29) is 10.1 Å². The van der Waals surface area contributed by atoms with Gasteiger partial charge in [-0.25, -0.2) is 4.79 Å². The third kappa shape index (κ3) is 4.25. The first-order chi connectivity index (χ1) is 11.9. The quantitative estimate of drug-likeness (QED) is 0.470. The van der Waals surface area contributed by atoms with E-state index in [1.54, 1.807) is 37.3 Å². The van der Waals surface area contributed by atoms with Gasteiger partial charge in [0, 0.05) is 23.6 Å². The van der Waals surface area contributed by atoms with Crippen LogP contribution >= 0.6 is 35.0 Å². The summed E-state index contributed by atoms with van der Waals surface area (Å²) in [6.45, 7) is 1.62. The van der Waals surface area contributed by atoms with E-state index in [0.29, 0.717) is 33.0 Å². The molecule has 0 radical (unpaired) electrons. The number of carbonyl (C=O) groups is 1. The number of carboxylic acid groups (broad SMARTS) is 1. The molecule has 0 spiro atoms. The number of hydrogen-bond acceptors (Lipinski definition) is 6. The van der Waals surface area contributed by atoms with Crippen LogP contribution in [-0.2, 0) is 4.79 Å². The van der Waals surface area contributed by atoms with E-state index in [2.05, 4.69) is 10.2 Å². The molecule has 0 unspecified atom stereocenters. The molecule has 3 rings (SSSR count). The number of nitrogens with zero attached hydrogens (tertiary/aromatic N) is 2. The molecule has 9 heteroatoms. The summed E-state index contributed by atoms with van der Waals surface area (Å²) in [5.41, 5.74) is 0.617. The van der Waals surface area contributed by atoms with Gasteiger partial charge in [-0.05, 0) is 42.1 Å². The number of carboxylic acids is 1. The zero-order chi connectivity index (χ0) is 18.0. The van der Waals surface area contributed by atoms with Gasteiger partial charge in [0.05, 0.1) is 5.02 Å². The Bertz CT molecular complexity index is 965. The lowest BCUT2D eigenvalue weighted by Crippen LogP contribution is -1.96. The predicted molar refractivity (Wildman–Crippen MR) is 94.7 cm³/mol. The highest BCUT2D eigenvalue weighted by Crippen LogP contribution is 2.33. The SMILES string of the molecule is Cc1nnc(S/C(=C\c2ccc(-c3cc(Cl)ccc3Cl)o2)C(=O)O)o1. The molecule has 128 valence electrons. The first kappa shape index (κ1) is 17.6. The summed E-state index contributed by atoms with van der Waals surface area (Å²) < 4.78 is 10.8. The van der Waals surface area contributed by atoms with Crippen LogP contribution in [0.5, 0.6) is 0 Å². The maximum absolute atomic E-state index is 11.4. The first-order valence-corrected chi connectivity index (χ1v) is 8.48. The Morgan fingerprint density at radius 3 is 2.68 bits per heavy atom. The molecule has 0 fully saturated rings.